The minimum atomic E-state index is -0.513. The number of ether oxygens (including phenoxy) is 1. The Labute approximate surface area is 126 Å². The average Bonchev–Trinajstić information content (AvgIpc) is 2.45. The molecule has 0 saturated carbocycles. The van der Waals surface area contributed by atoms with E-state index in [4.69, 9.17) is 22.1 Å². The molecule has 0 unspecified atom stereocenters. The first-order valence-electron chi connectivity index (χ1n) is 6.28. The molecule has 0 aliphatic rings. The Bertz CT molecular complexity index is 649. The van der Waals surface area contributed by atoms with Gasteiger partial charge in [0.1, 0.15) is 11.6 Å². The summed E-state index contributed by atoms with van der Waals surface area (Å²) >= 11 is 5.63. The lowest BCUT2D eigenvalue weighted by Gasteiger charge is -2.09. The second kappa shape index (κ2) is 6.95. The van der Waals surface area contributed by atoms with Gasteiger partial charge in [0.2, 0.25) is 5.91 Å². The first-order chi connectivity index (χ1) is 10.1. The van der Waals surface area contributed by atoms with E-state index in [1.54, 1.807) is 24.3 Å². The second-order valence-corrected chi connectivity index (χ2v) is 4.72. The Hall–Kier alpha value is -2.27. The Morgan fingerprint density at radius 2 is 2.05 bits per heavy atom. The van der Waals surface area contributed by atoms with Gasteiger partial charge in [0.25, 0.3) is 0 Å². The number of benzene rings is 2. The highest BCUT2D eigenvalue weighted by molar-refractivity contribution is 6.30. The smallest absolute Gasteiger partial charge is 0.227 e. The fourth-order valence-corrected chi connectivity index (χ4v) is 1.82. The molecule has 0 spiro atoms. The van der Waals surface area contributed by atoms with Gasteiger partial charge in [0.15, 0.2) is 0 Å². The number of carbonyl (C=O) groups excluding carboxylic acids is 1. The van der Waals surface area contributed by atoms with Crippen molar-refractivity contribution in [1.82, 2.24) is 0 Å². The molecule has 0 aliphatic heterocycles. The molecule has 4 nitrogen and oxygen atoms in total. The van der Waals surface area contributed by atoms with Gasteiger partial charge in [-0.3, -0.25) is 4.79 Å². The molecule has 0 heterocycles. The molecule has 3 N–H and O–H groups in total. The number of hydrogen-bond acceptors (Lipinski definition) is 3. The molecule has 2 rings (SSSR count). The Balaban J connectivity index is 1.82. The lowest BCUT2D eigenvalue weighted by Crippen LogP contribution is -2.16. The van der Waals surface area contributed by atoms with Crippen molar-refractivity contribution >= 4 is 28.9 Å². The van der Waals surface area contributed by atoms with Gasteiger partial charge in [-0.25, -0.2) is 4.39 Å². The number of para-hydroxylation sites is 2. The predicted octanol–water partition coefficient (Wildman–Crippen LogP) is 3.47. The van der Waals surface area contributed by atoms with Crippen molar-refractivity contribution < 1.29 is 13.9 Å². The van der Waals surface area contributed by atoms with E-state index in [2.05, 4.69) is 5.32 Å². The van der Waals surface area contributed by atoms with Crippen LogP contribution in [0.25, 0.3) is 0 Å². The first kappa shape index (κ1) is 15.1. The second-order valence-electron chi connectivity index (χ2n) is 4.31. The SMILES string of the molecule is Nc1ccccc1NC(=O)CCOc1ccc(F)c(Cl)c1. The molecule has 21 heavy (non-hydrogen) atoms. The molecule has 2 aromatic carbocycles. The first-order valence-corrected chi connectivity index (χ1v) is 6.66. The van der Waals surface area contributed by atoms with E-state index in [-0.39, 0.29) is 24.0 Å². The number of carbonyl (C=O) groups is 1. The number of amides is 1. The maximum atomic E-state index is 13.0. The third-order valence-corrected chi connectivity index (χ3v) is 3.01. The van der Waals surface area contributed by atoms with Gasteiger partial charge >= 0.3 is 0 Å². The molecule has 0 saturated heterocycles. The van der Waals surface area contributed by atoms with Crippen LogP contribution < -0.4 is 15.8 Å². The highest BCUT2D eigenvalue weighted by atomic mass is 35.5. The normalized spacial score (nSPS) is 10.2. The van der Waals surface area contributed by atoms with Gasteiger partial charge in [-0.15, -0.1) is 0 Å². The van der Waals surface area contributed by atoms with Crippen LogP contribution in [0, 0.1) is 5.82 Å². The third kappa shape index (κ3) is 4.36. The van der Waals surface area contributed by atoms with Crippen LogP contribution in [0.5, 0.6) is 5.75 Å². The largest absolute Gasteiger partial charge is 0.493 e. The van der Waals surface area contributed by atoms with Crippen LogP contribution in [-0.4, -0.2) is 12.5 Å². The molecular formula is C15H14ClFN2O2. The van der Waals surface area contributed by atoms with Crippen molar-refractivity contribution in [2.24, 2.45) is 0 Å². The maximum Gasteiger partial charge on any atom is 0.227 e. The standard InChI is InChI=1S/C15H14ClFN2O2/c16-11-9-10(5-6-12(11)17)21-8-7-15(20)19-14-4-2-1-3-13(14)18/h1-6,9H,7-8,18H2,(H,19,20). The van der Waals surface area contributed by atoms with Crippen LogP contribution >= 0.6 is 11.6 Å². The highest BCUT2D eigenvalue weighted by Gasteiger charge is 2.06. The summed E-state index contributed by atoms with van der Waals surface area (Å²) in [6.45, 7) is 0.153. The molecule has 6 heteroatoms. The van der Waals surface area contributed by atoms with E-state index >= 15 is 0 Å². The van der Waals surface area contributed by atoms with Gasteiger partial charge in [-0.1, -0.05) is 23.7 Å². The van der Waals surface area contributed by atoms with Crippen molar-refractivity contribution in [2.45, 2.75) is 6.42 Å². The van der Waals surface area contributed by atoms with Gasteiger partial charge in [0, 0.05) is 6.07 Å². The number of halogens is 2. The van der Waals surface area contributed by atoms with Crippen LogP contribution in [0.15, 0.2) is 42.5 Å². The summed E-state index contributed by atoms with van der Waals surface area (Å²) in [5, 5.41) is 2.67. The van der Waals surface area contributed by atoms with Crippen molar-refractivity contribution in [2.75, 3.05) is 17.7 Å². The average molecular weight is 309 g/mol. The van der Waals surface area contributed by atoms with Crippen molar-refractivity contribution in [3.8, 4) is 5.75 Å². The van der Waals surface area contributed by atoms with E-state index in [0.717, 1.165) is 0 Å². The van der Waals surface area contributed by atoms with Crippen LogP contribution in [0.4, 0.5) is 15.8 Å². The lowest BCUT2D eigenvalue weighted by atomic mass is 10.2. The molecule has 110 valence electrons. The van der Waals surface area contributed by atoms with Crippen LogP contribution in [0.3, 0.4) is 0 Å². The fourth-order valence-electron chi connectivity index (χ4n) is 1.65. The zero-order chi connectivity index (χ0) is 15.2. The summed E-state index contributed by atoms with van der Waals surface area (Å²) < 4.78 is 18.3. The number of anilines is 2. The van der Waals surface area contributed by atoms with E-state index < -0.39 is 5.82 Å². The fraction of sp³-hybridized carbons (Fsp3) is 0.133. The molecule has 0 atom stereocenters. The molecule has 0 aromatic heterocycles. The zero-order valence-corrected chi connectivity index (χ0v) is 11.9. The molecule has 1 amide bonds. The topological polar surface area (TPSA) is 64.3 Å². The van der Waals surface area contributed by atoms with Gasteiger partial charge < -0.3 is 15.8 Å². The summed E-state index contributed by atoms with van der Waals surface area (Å²) in [6.07, 6.45) is 0.142. The van der Waals surface area contributed by atoms with Crippen LogP contribution in [-0.2, 0) is 4.79 Å². The van der Waals surface area contributed by atoms with E-state index in [1.807, 2.05) is 0 Å². The summed E-state index contributed by atoms with van der Waals surface area (Å²) in [6, 6.07) is 11.0. The predicted molar refractivity (Wildman–Crippen MR) is 81.0 cm³/mol. The molecule has 0 radical (unpaired) electrons. The molecule has 0 fully saturated rings. The lowest BCUT2D eigenvalue weighted by molar-refractivity contribution is -0.116. The Morgan fingerprint density at radius 1 is 1.29 bits per heavy atom. The van der Waals surface area contributed by atoms with Gasteiger partial charge in [-0.2, -0.15) is 0 Å². The third-order valence-electron chi connectivity index (χ3n) is 2.72. The number of nitrogens with two attached hydrogens (primary N) is 1. The zero-order valence-electron chi connectivity index (χ0n) is 11.1. The quantitative estimate of drug-likeness (QED) is 0.831. The molecule has 0 aliphatic carbocycles. The minimum absolute atomic E-state index is 0.0194. The summed E-state index contributed by atoms with van der Waals surface area (Å²) in [4.78, 5) is 11.7. The van der Waals surface area contributed by atoms with E-state index in [1.165, 1.54) is 18.2 Å². The maximum absolute atomic E-state index is 13.0. The monoisotopic (exact) mass is 308 g/mol. The van der Waals surface area contributed by atoms with Crippen LogP contribution in [0.1, 0.15) is 6.42 Å². The molecular weight excluding hydrogens is 295 g/mol. The Morgan fingerprint density at radius 3 is 2.76 bits per heavy atom. The van der Waals surface area contributed by atoms with Crippen molar-refractivity contribution in [3.05, 3.63) is 53.3 Å². The van der Waals surface area contributed by atoms with Gasteiger partial charge in [0.05, 0.1) is 29.4 Å². The van der Waals surface area contributed by atoms with E-state index in [9.17, 15) is 9.18 Å². The number of hydrogen-bond donors (Lipinski definition) is 2. The van der Waals surface area contributed by atoms with Crippen LogP contribution in [0.2, 0.25) is 5.02 Å². The van der Waals surface area contributed by atoms with E-state index in [0.29, 0.717) is 17.1 Å². The summed E-state index contributed by atoms with van der Waals surface area (Å²) in [7, 11) is 0. The number of nitrogens with one attached hydrogen (secondary N) is 1. The Kier molecular flexibility index (Phi) is 5.00. The summed E-state index contributed by atoms with van der Waals surface area (Å²) in [5.41, 5.74) is 6.78. The summed E-state index contributed by atoms with van der Waals surface area (Å²) in [5.74, 6) is -0.323. The van der Waals surface area contributed by atoms with Gasteiger partial charge in [-0.05, 0) is 24.3 Å². The highest BCUT2D eigenvalue weighted by Crippen LogP contribution is 2.21. The number of nitrogen functional groups attached to an aromatic ring is 1. The van der Waals surface area contributed by atoms with Crippen molar-refractivity contribution in [3.63, 3.8) is 0 Å². The minimum Gasteiger partial charge on any atom is -0.493 e. The van der Waals surface area contributed by atoms with Crippen molar-refractivity contribution in [1.29, 1.82) is 0 Å². The molecule has 0 bridgehead atoms. The number of rotatable bonds is 5. The molecule has 2 aromatic rings.